The zero-order valence-electron chi connectivity index (χ0n) is 27.0. The van der Waals surface area contributed by atoms with Crippen molar-refractivity contribution in [3.05, 3.63) is 92.1 Å². The van der Waals surface area contributed by atoms with Crippen molar-refractivity contribution < 1.29 is 27.5 Å². The van der Waals surface area contributed by atoms with E-state index < -0.39 is 34.9 Å². The molecule has 5 aromatic rings. The summed E-state index contributed by atoms with van der Waals surface area (Å²) in [4.78, 5) is 48.5. The van der Waals surface area contributed by atoms with Crippen LogP contribution in [0.4, 0.5) is 18.9 Å². The third kappa shape index (κ3) is 5.94. The van der Waals surface area contributed by atoms with Crippen molar-refractivity contribution in [2.24, 2.45) is 0 Å². The zero-order valence-corrected chi connectivity index (χ0v) is 28.5. The van der Waals surface area contributed by atoms with Crippen LogP contribution >= 0.6 is 23.4 Å². The molecule has 0 aliphatic carbocycles. The molecular formula is C33H30ClF3N8O4S. The van der Waals surface area contributed by atoms with Gasteiger partial charge in [-0.1, -0.05) is 23.7 Å². The number of halogens is 4. The van der Waals surface area contributed by atoms with Gasteiger partial charge in [0, 0.05) is 29.2 Å². The molecular weight excluding hydrogens is 697 g/mol. The van der Waals surface area contributed by atoms with Gasteiger partial charge in [-0.3, -0.25) is 19.5 Å². The van der Waals surface area contributed by atoms with Gasteiger partial charge in [-0.15, -0.1) is 16.9 Å². The highest BCUT2D eigenvalue weighted by Crippen LogP contribution is 2.48. The molecule has 1 fully saturated rings. The molecule has 1 saturated heterocycles. The molecule has 0 bridgehead atoms. The first-order chi connectivity index (χ1) is 23.8. The van der Waals surface area contributed by atoms with Crippen LogP contribution in [0.25, 0.3) is 17.2 Å². The van der Waals surface area contributed by atoms with E-state index in [-0.39, 0.29) is 47.9 Å². The fourth-order valence-corrected chi connectivity index (χ4v) is 7.29. The van der Waals surface area contributed by atoms with Crippen molar-refractivity contribution in [2.75, 3.05) is 24.7 Å². The van der Waals surface area contributed by atoms with Crippen LogP contribution in [-0.4, -0.2) is 65.4 Å². The lowest BCUT2D eigenvalue weighted by Gasteiger charge is -2.38. The smallest absolute Gasteiger partial charge is 0.361 e. The number of amides is 2. The van der Waals surface area contributed by atoms with Crippen molar-refractivity contribution in [1.82, 2.24) is 34.3 Å². The number of rotatable bonds is 6. The minimum Gasteiger partial charge on any atom is -0.361 e. The molecule has 2 amide bonds. The Labute approximate surface area is 292 Å². The highest BCUT2D eigenvalue weighted by atomic mass is 35.5. The number of H-pyrrole nitrogens is 1. The largest absolute Gasteiger partial charge is 0.416 e. The molecule has 3 aromatic heterocycles. The number of hydrogen-bond acceptors (Lipinski definition) is 8. The highest BCUT2D eigenvalue weighted by molar-refractivity contribution is 7.98. The number of carbonyl (C=O) groups excluding carboxylic acids is 2. The summed E-state index contributed by atoms with van der Waals surface area (Å²) < 4.78 is 48.9. The van der Waals surface area contributed by atoms with Gasteiger partial charge in [0.2, 0.25) is 11.7 Å². The molecule has 1 atom stereocenters. The van der Waals surface area contributed by atoms with Crippen LogP contribution in [0.3, 0.4) is 0 Å². The summed E-state index contributed by atoms with van der Waals surface area (Å²) >= 11 is 7.70. The van der Waals surface area contributed by atoms with E-state index in [0.29, 0.717) is 35.4 Å². The Kier molecular flexibility index (Phi) is 8.51. The second-order valence-corrected chi connectivity index (χ2v) is 13.5. The Hall–Kier alpha value is -4.67. The first kappa shape index (κ1) is 33.8. The average Bonchev–Trinajstić information content (AvgIpc) is 3.80. The molecule has 2 aliphatic rings. The lowest BCUT2D eigenvalue weighted by atomic mass is 9.85. The number of nitrogens with zero attached hydrogens (tertiary/aromatic N) is 6. The van der Waals surface area contributed by atoms with Gasteiger partial charge in [0.25, 0.3) is 11.5 Å². The number of alkyl halides is 3. The number of nitrogens with one attached hydrogen (secondary N) is 2. The molecule has 0 saturated carbocycles. The van der Waals surface area contributed by atoms with Crippen LogP contribution < -0.4 is 10.9 Å². The fraction of sp³-hybridized carbons (Fsp3) is 0.333. The number of fused-ring (bicyclic) bond motifs is 3. The second-order valence-electron chi connectivity index (χ2n) is 12.3. The number of anilines is 1. The number of piperidine rings is 1. The van der Waals surface area contributed by atoms with Gasteiger partial charge in [-0.25, -0.2) is 0 Å². The van der Waals surface area contributed by atoms with E-state index in [4.69, 9.17) is 21.3 Å². The van der Waals surface area contributed by atoms with Crippen LogP contribution in [0.5, 0.6) is 0 Å². The Bertz CT molecular complexity index is 2210. The van der Waals surface area contributed by atoms with Gasteiger partial charge in [0.05, 0.1) is 33.6 Å². The van der Waals surface area contributed by atoms with Gasteiger partial charge in [0.1, 0.15) is 17.8 Å². The van der Waals surface area contributed by atoms with Crippen molar-refractivity contribution in [2.45, 2.75) is 56.0 Å². The van der Waals surface area contributed by atoms with Crippen LogP contribution in [0, 0.1) is 6.92 Å². The average molecular weight is 727 g/mol. The SMILES string of the molecule is CSc1ccc(-c2nc3n(CC(=O)Nc4ccc(C(F)(F)F)cc4Cl)c4c(c(=O)n3n2)C2(CCN(C(=O)c3cc(C)[nH]n3)CC2)OC4C)cc1. The molecule has 7 rings (SSSR count). The molecule has 0 radical (unpaired) electrons. The van der Waals surface area contributed by atoms with Gasteiger partial charge in [-0.05, 0) is 69.3 Å². The van der Waals surface area contributed by atoms with E-state index in [0.717, 1.165) is 33.3 Å². The minimum absolute atomic E-state index is 0.0145. The van der Waals surface area contributed by atoms with Crippen LogP contribution in [0.1, 0.15) is 58.9 Å². The summed E-state index contributed by atoms with van der Waals surface area (Å²) in [6.45, 7) is 3.75. The summed E-state index contributed by atoms with van der Waals surface area (Å²) in [6, 6.07) is 11.8. The first-order valence-corrected chi connectivity index (χ1v) is 17.2. The summed E-state index contributed by atoms with van der Waals surface area (Å²) in [5.74, 6) is -0.525. The predicted octanol–water partition coefficient (Wildman–Crippen LogP) is 5.85. The second kappa shape index (κ2) is 12.6. The van der Waals surface area contributed by atoms with Crippen molar-refractivity contribution >= 4 is 46.6 Å². The standard InChI is InChI=1S/C33H30ClF3N8O4S/c1-17-14-24(41-40-17)29(47)43-12-10-32(11-13-43)26-27(18(2)49-32)44(16-25(46)38-23-9-6-20(15-22(23)34)33(35,36)37)31-39-28(42-45(31)30(26)48)19-4-7-21(50-3)8-5-19/h4-9,14-15,18H,10-13,16H2,1-3H3,(H,38,46)(H,40,41). The number of thioether (sulfide) groups is 1. The maximum atomic E-state index is 14.4. The predicted molar refractivity (Wildman–Crippen MR) is 179 cm³/mol. The third-order valence-electron chi connectivity index (χ3n) is 9.03. The van der Waals surface area contributed by atoms with Gasteiger partial charge < -0.3 is 19.5 Å². The van der Waals surface area contributed by atoms with E-state index in [1.807, 2.05) is 30.5 Å². The molecule has 50 heavy (non-hydrogen) atoms. The molecule has 1 spiro atoms. The molecule has 5 heterocycles. The molecule has 1 unspecified atom stereocenters. The van der Waals surface area contributed by atoms with E-state index in [2.05, 4.69) is 20.6 Å². The Morgan fingerprint density at radius 1 is 1.14 bits per heavy atom. The molecule has 2 N–H and O–H groups in total. The number of carbonyl (C=O) groups is 2. The Morgan fingerprint density at radius 2 is 1.86 bits per heavy atom. The Morgan fingerprint density at radius 3 is 2.48 bits per heavy atom. The monoisotopic (exact) mass is 726 g/mol. The number of benzene rings is 2. The topological polar surface area (TPSA) is 140 Å². The highest BCUT2D eigenvalue weighted by Gasteiger charge is 2.50. The van der Waals surface area contributed by atoms with Gasteiger partial charge in [0.15, 0.2) is 5.82 Å². The van der Waals surface area contributed by atoms with E-state index in [1.54, 1.807) is 41.1 Å². The first-order valence-electron chi connectivity index (χ1n) is 15.6. The minimum atomic E-state index is -4.61. The Balaban J connectivity index is 1.28. The number of hydrogen-bond donors (Lipinski definition) is 2. The maximum Gasteiger partial charge on any atom is 0.416 e. The van der Waals surface area contributed by atoms with Gasteiger partial charge >= 0.3 is 6.18 Å². The van der Waals surface area contributed by atoms with Gasteiger partial charge in [-0.2, -0.15) is 27.8 Å². The zero-order chi connectivity index (χ0) is 35.5. The lowest BCUT2D eigenvalue weighted by molar-refractivity contribution is -0.137. The molecule has 2 aliphatic heterocycles. The van der Waals surface area contributed by atoms with E-state index in [1.165, 1.54) is 0 Å². The summed E-state index contributed by atoms with van der Waals surface area (Å²) in [5.41, 5.74) is -0.0646. The molecule has 17 heteroatoms. The third-order valence-corrected chi connectivity index (χ3v) is 10.1. The van der Waals surface area contributed by atoms with Crippen molar-refractivity contribution in [1.29, 1.82) is 0 Å². The quantitative estimate of drug-likeness (QED) is 0.208. The summed E-state index contributed by atoms with van der Waals surface area (Å²) in [7, 11) is 0. The van der Waals surface area contributed by atoms with Crippen LogP contribution in [0.2, 0.25) is 5.02 Å². The fourth-order valence-electron chi connectivity index (χ4n) is 6.65. The maximum absolute atomic E-state index is 14.4. The lowest BCUT2D eigenvalue weighted by Crippen LogP contribution is -2.47. The normalized spacial score (nSPS) is 17.0. The van der Waals surface area contributed by atoms with Crippen LogP contribution in [0.15, 0.2) is 58.2 Å². The molecule has 260 valence electrons. The molecule has 12 nitrogen and oxygen atoms in total. The number of ether oxygens (including phenoxy) is 1. The summed E-state index contributed by atoms with van der Waals surface area (Å²) in [6.07, 6.45) is -2.73. The van der Waals surface area contributed by atoms with Crippen molar-refractivity contribution in [3.63, 3.8) is 0 Å². The molecule has 2 aromatic carbocycles. The number of aromatic nitrogens is 6. The van der Waals surface area contributed by atoms with Crippen LogP contribution in [-0.2, 0) is 27.9 Å². The van der Waals surface area contributed by atoms with E-state index >= 15 is 0 Å². The van der Waals surface area contributed by atoms with Crippen molar-refractivity contribution in [3.8, 4) is 11.4 Å². The van der Waals surface area contributed by atoms with E-state index in [9.17, 15) is 27.6 Å². The number of likely N-dealkylation sites (tertiary alicyclic amines) is 1. The number of aryl methyl sites for hydroxylation is 1. The number of aromatic amines is 1. The summed E-state index contributed by atoms with van der Waals surface area (Å²) in [5, 5.41) is 13.7.